The lowest BCUT2D eigenvalue weighted by Gasteiger charge is -2.27. The number of hydrogen-bond donors (Lipinski definition) is 1. The van der Waals surface area contributed by atoms with Gasteiger partial charge in [-0.15, -0.1) is 0 Å². The van der Waals surface area contributed by atoms with Crippen LogP contribution < -0.4 is 0 Å². The minimum atomic E-state index is -0.856. The van der Waals surface area contributed by atoms with Crippen molar-refractivity contribution in [1.82, 2.24) is 0 Å². The maximum Gasteiger partial charge on any atom is 0.337 e. The van der Waals surface area contributed by atoms with E-state index >= 15 is 0 Å². The van der Waals surface area contributed by atoms with E-state index in [1.807, 2.05) is 0 Å². The topological polar surface area (TPSA) is 80.7 Å². The Labute approximate surface area is 135 Å². The van der Waals surface area contributed by atoms with Gasteiger partial charge >= 0.3 is 11.9 Å². The lowest BCUT2D eigenvalue weighted by molar-refractivity contribution is -0.148. The van der Waals surface area contributed by atoms with E-state index in [2.05, 4.69) is 4.74 Å². The molecule has 0 radical (unpaired) electrons. The number of ether oxygens (including phenoxy) is 1. The van der Waals surface area contributed by atoms with Crippen LogP contribution in [0.25, 0.3) is 0 Å². The van der Waals surface area contributed by atoms with Crippen molar-refractivity contribution in [2.75, 3.05) is 7.11 Å². The lowest BCUT2D eigenvalue weighted by Crippen LogP contribution is -2.32. The molecule has 0 spiro atoms. The van der Waals surface area contributed by atoms with Crippen molar-refractivity contribution in [2.24, 2.45) is 11.8 Å². The summed E-state index contributed by atoms with van der Waals surface area (Å²) in [6.45, 7) is 0. The van der Waals surface area contributed by atoms with Crippen molar-refractivity contribution in [3.05, 3.63) is 35.4 Å². The van der Waals surface area contributed by atoms with Gasteiger partial charge in [-0.2, -0.15) is 0 Å². The summed E-state index contributed by atoms with van der Waals surface area (Å²) in [5.74, 6) is -2.09. The Kier molecular flexibility index (Phi) is 5.90. The molecule has 1 fully saturated rings. The van der Waals surface area contributed by atoms with E-state index in [0.717, 1.165) is 18.4 Å². The molecule has 5 heteroatoms. The van der Waals surface area contributed by atoms with E-state index < -0.39 is 11.9 Å². The van der Waals surface area contributed by atoms with Crippen LogP contribution in [0.3, 0.4) is 0 Å². The maximum absolute atomic E-state index is 12.4. The average molecular weight is 318 g/mol. The summed E-state index contributed by atoms with van der Waals surface area (Å²) in [6, 6.07) is 6.95. The number of Topliss-reactive ketones (excluding diaryl/α,β-unsaturated/α-hetero) is 1. The predicted molar refractivity (Wildman–Crippen MR) is 84.2 cm³/mol. The molecule has 0 heterocycles. The van der Waals surface area contributed by atoms with Gasteiger partial charge in [0.25, 0.3) is 0 Å². The zero-order chi connectivity index (χ0) is 16.8. The molecule has 1 saturated carbocycles. The predicted octanol–water partition coefficient (Wildman–Crippen LogP) is 2.87. The van der Waals surface area contributed by atoms with Crippen molar-refractivity contribution >= 4 is 17.7 Å². The monoisotopic (exact) mass is 318 g/mol. The molecule has 2 rings (SSSR count). The van der Waals surface area contributed by atoms with Gasteiger partial charge in [-0.1, -0.05) is 25.0 Å². The summed E-state index contributed by atoms with van der Waals surface area (Å²) in [7, 11) is 1.33. The minimum Gasteiger partial charge on any atom is -0.481 e. The number of esters is 1. The lowest BCUT2D eigenvalue weighted by atomic mass is 9.76. The highest BCUT2D eigenvalue weighted by Gasteiger charge is 2.34. The van der Waals surface area contributed by atoms with Crippen molar-refractivity contribution in [3.8, 4) is 0 Å². The standard InChI is InChI=1S/C18H22O5/c1-23-18(22)13-9-6-12(7-10-13)8-11-16(19)14-4-2-3-5-15(14)17(20)21/h6-7,9-10,14-15H,2-5,8,11H2,1H3,(H,20,21). The van der Waals surface area contributed by atoms with Gasteiger partial charge in [-0.25, -0.2) is 4.79 Å². The second-order valence-corrected chi connectivity index (χ2v) is 5.99. The number of aryl methyl sites for hydroxylation is 1. The van der Waals surface area contributed by atoms with E-state index in [1.165, 1.54) is 7.11 Å². The molecule has 0 aromatic heterocycles. The molecule has 2 unspecified atom stereocenters. The molecule has 124 valence electrons. The first-order valence-corrected chi connectivity index (χ1v) is 7.95. The van der Waals surface area contributed by atoms with Gasteiger partial charge < -0.3 is 9.84 Å². The van der Waals surface area contributed by atoms with E-state index in [-0.39, 0.29) is 17.7 Å². The summed E-state index contributed by atoms with van der Waals surface area (Å²) in [5.41, 5.74) is 1.43. The molecule has 1 aromatic carbocycles. The summed E-state index contributed by atoms with van der Waals surface area (Å²) in [4.78, 5) is 35.0. The Bertz CT molecular complexity index is 576. The summed E-state index contributed by atoms with van der Waals surface area (Å²) in [5, 5.41) is 9.25. The smallest absolute Gasteiger partial charge is 0.337 e. The largest absolute Gasteiger partial charge is 0.481 e. The Morgan fingerprint density at radius 3 is 2.26 bits per heavy atom. The SMILES string of the molecule is COC(=O)c1ccc(CCC(=O)C2CCCCC2C(=O)O)cc1. The molecule has 2 atom stereocenters. The third-order valence-corrected chi connectivity index (χ3v) is 4.53. The number of ketones is 1. The number of hydrogen-bond acceptors (Lipinski definition) is 4. The van der Waals surface area contributed by atoms with Crippen LogP contribution in [0.4, 0.5) is 0 Å². The zero-order valence-corrected chi connectivity index (χ0v) is 13.3. The number of carboxylic acids is 1. The van der Waals surface area contributed by atoms with Crippen LogP contribution in [-0.4, -0.2) is 29.9 Å². The fourth-order valence-corrected chi connectivity index (χ4v) is 3.19. The quantitative estimate of drug-likeness (QED) is 0.816. The van der Waals surface area contributed by atoms with Crippen LogP contribution in [0, 0.1) is 11.8 Å². The van der Waals surface area contributed by atoms with Crippen molar-refractivity contribution in [2.45, 2.75) is 38.5 Å². The highest BCUT2D eigenvalue weighted by molar-refractivity contribution is 5.89. The van der Waals surface area contributed by atoms with Crippen molar-refractivity contribution < 1.29 is 24.2 Å². The molecule has 1 aliphatic rings. The van der Waals surface area contributed by atoms with E-state index in [1.54, 1.807) is 24.3 Å². The molecule has 23 heavy (non-hydrogen) atoms. The molecule has 0 aliphatic heterocycles. The number of carbonyl (C=O) groups is 3. The Morgan fingerprint density at radius 2 is 1.70 bits per heavy atom. The first kappa shape index (κ1) is 17.2. The van der Waals surface area contributed by atoms with E-state index in [4.69, 9.17) is 0 Å². The zero-order valence-electron chi connectivity index (χ0n) is 13.3. The Balaban J connectivity index is 1.93. The molecule has 5 nitrogen and oxygen atoms in total. The number of carbonyl (C=O) groups excluding carboxylic acids is 2. The molecule has 1 aromatic rings. The van der Waals surface area contributed by atoms with Crippen LogP contribution in [0.1, 0.15) is 48.0 Å². The number of methoxy groups -OCH3 is 1. The highest BCUT2D eigenvalue weighted by atomic mass is 16.5. The summed E-state index contributed by atoms with van der Waals surface area (Å²) in [6.07, 6.45) is 3.98. The molecular weight excluding hydrogens is 296 g/mol. The van der Waals surface area contributed by atoms with Crippen LogP contribution >= 0.6 is 0 Å². The number of rotatable bonds is 6. The van der Waals surface area contributed by atoms with Gasteiger partial charge in [0.15, 0.2) is 0 Å². The second-order valence-electron chi connectivity index (χ2n) is 5.99. The van der Waals surface area contributed by atoms with Gasteiger partial charge in [-0.05, 0) is 37.0 Å². The number of carboxylic acid groups (broad SMARTS) is 1. The van der Waals surface area contributed by atoms with Gasteiger partial charge in [-0.3, -0.25) is 9.59 Å². The van der Waals surface area contributed by atoms with E-state index in [9.17, 15) is 19.5 Å². The molecule has 0 saturated heterocycles. The molecule has 1 aliphatic carbocycles. The highest BCUT2D eigenvalue weighted by Crippen LogP contribution is 2.32. The number of aliphatic carboxylic acids is 1. The first-order chi connectivity index (χ1) is 11.0. The third-order valence-electron chi connectivity index (χ3n) is 4.53. The summed E-state index contributed by atoms with van der Waals surface area (Å²) < 4.78 is 4.64. The molecule has 0 bridgehead atoms. The maximum atomic E-state index is 12.4. The van der Waals surface area contributed by atoms with Gasteiger partial charge in [0.05, 0.1) is 18.6 Å². The fourth-order valence-electron chi connectivity index (χ4n) is 3.19. The Hall–Kier alpha value is -2.17. The first-order valence-electron chi connectivity index (χ1n) is 7.95. The molecule has 1 N–H and O–H groups in total. The molecular formula is C18H22O5. The fraction of sp³-hybridized carbons (Fsp3) is 0.500. The minimum absolute atomic E-state index is 0.0362. The van der Waals surface area contributed by atoms with Crippen LogP contribution in [-0.2, 0) is 20.7 Å². The van der Waals surface area contributed by atoms with Crippen LogP contribution in [0.15, 0.2) is 24.3 Å². The van der Waals surface area contributed by atoms with Crippen LogP contribution in [0.2, 0.25) is 0 Å². The molecule has 0 amide bonds. The van der Waals surface area contributed by atoms with Crippen molar-refractivity contribution in [3.63, 3.8) is 0 Å². The van der Waals surface area contributed by atoms with E-state index in [0.29, 0.717) is 31.2 Å². The van der Waals surface area contributed by atoms with Crippen LogP contribution in [0.5, 0.6) is 0 Å². The normalized spacial score (nSPS) is 20.7. The van der Waals surface area contributed by atoms with Gasteiger partial charge in [0.2, 0.25) is 0 Å². The van der Waals surface area contributed by atoms with Crippen molar-refractivity contribution in [1.29, 1.82) is 0 Å². The second kappa shape index (κ2) is 7.90. The third kappa shape index (κ3) is 4.41. The average Bonchev–Trinajstić information content (AvgIpc) is 2.59. The summed E-state index contributed by atoms with van der Waals surface area (Å²) >= 11 is 0. The van der Waals surface area contributed by atoms with Gasteiger partial charge in [0.1, 0.15) is 5.78 Å². The Morgan fingerprint density at radius 1 is 1.09 bits per heavy atom. The number of benzene rings is 1. The van der Waals surface area contributed by atoms with Gasteiger partial charge in [0, 0.05) is 12.3 Å².